The van der Waals surface area contributed by atoms with Crippen LogP contribution >= 0.6 is 0 Å². The predicted octanol–water partition coefficient (Wildman–Crippen LogP) is 5.62. The number of pyridine rings is 1. The molecule has 0 atom stereocenters. The number of hydrogen-bond acceptors (Lipinski definition) is 3. The van der Waals surface area contributed by atoms with E-state index in [9.17, 15) is 9.18 Å². The van der Waals surface area contributed by atoms with Crippen molar-refractivity contribution >= 4 is 22.5 Å². The number of aromatic nitrogens is 1. The van der Waals surface area contributed by atoms with Gasteiger partial charge in [0.2, 0.25) is 0 Å². The number of fused-ring (bicyclic) bond motifs is 1. The monoisotopic (exact) mass is 439 g/mol. The zero-order chi connectivity index (χ0) is 22.9. The standard InChI is InChI=1S/C28H26FN3O/c1-19-11-12-21(20(2)17-19)26-18-23(22-7-3-5-9-25(22)30-26)28(33)32-15-13-31(14-16-32)27-10-6-4-8-24(27)29/h3-12,17-18H,13-16H2,1-2H3. The molecule has 4 aromatic rings. The molecule has 0 bridgehead atoms. The van der Waals surface area contributed by atoms with Crippen LogP contribution in [0.5, 0.6) is 0 Å². The van der Waals surface area contributed by atoms with E-state index in [4.69, 9.17) is 4.98 Å². The number of rotatable bonds is 3. The second-order valence-corrected chi connectivity index (χ2v) is 8.62. The predicted molar refractivity (Wildman–Crippen MR) is 131 cm³/mol. The summed E-state index contributed by atoms with van der Waals surface area (Å²) in [6.07, 6.45) is 0. The van der Waals surface area contributed by atoms with Crippen LogP contribution in [0.1, 0.15) is 21.5 Å². The van der Waals surface area contributed by atoms with E-state index in [0.29, 0.717) is 37.4 Å². The number of para-hydroxylation sites is 2. The summed E-state index contributed by atoms with van der Waals surface area (Å²) < 4.78 is 14.2. The Balaban J connectivity index is 1.47. The molecule has 4 nitrogen and oxygen atoms in total. The fourth-order valence-corrected chi connectivity index (χ4v) is 4.62. The van der Waals surface area contributed by atoms with Crippen LogP contribution in [-0.4, -0.2) is 42.0 Å². The Hall–Kier alpha value is -3.73. The van der Waals surface area contributed by atoms with E-state index in [-0.39, 0.29) is 11.7 Å². The van der Waals surface area contributed by atoms with E-state index >= 15 is 0 Å². The Morgan fingerprint density at radius 2 is 1.61 bits per heavy atom. The largest absolute Gasteiger partial charge is 0.366 e. The van der Waals surface area contributed by atoms with Crippen LogP contribution in [0.4, 0.5) is 10.1 Å². The SMILES string of the molecule is Cc1ccc(-c2cc(C(=O)N3CCN(c4ccccc4F)CC3)c3ccccc3n2)c(C)c1. The Morgan fingerprint density at radius 3 is 2.36 bits per heavy atom. The van der Waals surface area contributed by atoms with Gasteiger partial charge in [0, 0.05) is 37.1 Å². The number of aryl methyl sites for hydroxylation is 2. The minimum atomic E-state index is -0.226. The molecule has 3 aromatic carbocycles. The van der Waals surface area contributed by atoms with Crippen molar-refractivity contribution in [3.8, 4) is 11.3 Å². The Labute approximate surface area is 193 Å². The van der Waals surface area contributed by atoms with Crippen molar-refractivity contribution in [2.75, 3.05) is 31.1 Å². The molecule has 0 aliphatic carbocycles. The van der Waals surface area contributed by atoms with Crippen LogP contribution in [0.2, 0.25) is 0 Å². The van der Waals surface area contributed by atoms with Crippen molar-refractivity contribution in [2.24, 2.45) is 0 Å². The number of halogens is 1. The third-order valence-corrected chi connectivity index (χ3v) is 6.36. The average Bonchev–Trinajstić information content (AvgIpc) is 2.83. The molecule has 0 radical (unpaired) electrons. The summed E-state index contributed by atoms with van der Waals surface area (Å²) in [7, 11) is 0. The van der Waals surface area contributed by atoms with E-state index in [2.05, 4.69) is 32.0 Å². The quantitative estimate of drug-likeness (QED) is 0.416. The Morgan fingerprint density at radius 1 is 0.879 bits per heavy atom. The smallest absolute Gasteiger partial charge is 0.254 e. The maximum atomic E-state index is 14.2. The number of piperazine rings is 1. The zero-order valence-corrected chi connectivity index (χ0v) is 18.9. The summed E-state index contributed by atoms with van der Waals surface area (Å²) in [4.78, 5) is 22.4. The van der Waals surface area contributed by atoms with Crippen molar-refractivity contribution in [1.29, 1.82) is 0 Å². The maximum Gasteiger partial charge on any atom is 0.254 e. The molecular formula is C28H26FN3O. The van der Waals surface area contributed by atoms with Gasteiger partial charge in [0.15, 0.2) is 0 Å². The molecule has 33 heavy (non-hydrogen) atoms. The van der Waals surface area contributed by atoms with Crippen molar-refractivity contribution in [3.63, 3.8) is 0 Å². The minimum absolute atomic E-state index is 0.00667. The zero-order valence-electron chi connectivity index (χ0n) is 18.9. The Bertz CT molecular complexity index is 1340. The number of nitrogens with zero attached hydrogens (tertiary/aromatic N) is 3. The molecule has 0 N–H and O–H groups in total. The first-order valence-corrected chi connectivity index (χ1v) is 11.3. The van der Waals surface area contributed by atoms with Gasteiger partial charge in [-0.1, -0.05) is 54.1 Å². The number of anilines is 1. The lowest BCUT2D eigenvalue weighted by molar-refractivity contribution is 0.0748. The van der Waals surface area contributed by atoms with Gasteiger partial charge in [-0.05, 0) is 43.7 Å². The minimum Gasteiger partial charge on any atom is -0.366 e. The summed E-state index contributed by atoms with van der Waals surface area (Å²) in [6, 6.07) is 22.8. The molecule has 1 saturated heterocycles. The van der Waals surface area contributed by atoms with E-state index in [0.717, 1.165) is 27.7 Å². The molecule has 1 aromatic heterocycles. The van der Waals surface area contributed by atoms with Crippen LogP contribution in [-0.2, 0) is 0 Å². The first-order valence-electron chi connectivity index (χ1n) is 11.3. The first-order chi connectivity index (χ1) is 16.0. The van der Waals surface area contributed by atoms with E-state index in [1.165, 1.54) is 11.6 Å². The van der Waals surface area contributed by atoms with Crippen LogP contribution in [0, 0.1) is 19.7 Å². The summed E-state index contributed by atoms with van der Waals surface area (Å²) in [5.74, 6) is -0.233. The van der Waals surface area contributed by atoms with Crippen molar-refractivity contribution in [1.82, 2.24) is 9.88 Å². The lowest BCUT2D eigenvalue weighted by Crippen LogP contribution is -2.49. The van der Waals surface area contributed by atoms with Gasteiger partial charge < -0.3 is 9.80 Å². The number of benzene rings is 3. The molecule has 0 unspecified atom stereocenters. The van der Waals surface area contributed by atoms with Crippen molar-refractivity contribution in [2.45, 2.75) is 13.8 Å². The summed E-state index contributed by atoms with van der Waals surface area (Å²) in [5.41, 5.74) is 6.23. The first kappa shape index (κ1) is 21.1. The van der Waals surface area contributed by atoms with Crippen molar-refractivity contribution < 1.29 is 9.18 Å². The van der Waals surface area contributed by atoms with Crippen LogP contribution in [0.25, 0.3) is 22.2 Å². The highest BCUT2D eigenvalue weighted by Crippen LogP contribution is 2.29. The second kappa shape index (κ2) is 8.66. The summed E-state index contributed by atoms with van der Waals surface area (Å²) in [5, 5.41) is 0.854. The highest BCUT2D eigenvalue weighted by molar-refractivity contribution is 6.07. The number of amides is 1. The summed E-state index contributed by atoms with van der Waals surface area (Å²) >= 11 is 0. The number of carbonyl (C=O) groups excluding carboxylic acids is 1. The molecule has 5 heteroatoms. The lowest BCUT2D eigenvalue weighted by Gasteiger charge is -2.36. The third kappa shape index (κ3) is 4.07. The highest BCUT2D eigenvalue weighted by Gasteiger charge is 2.25. The van der Waals surface area contributed by atoms with E-state index in [1.54, 1.807) is 12.1 Å². The van der Waals surface area contributed by atoms with Crippen molar-refractivity contribution in [3.05, 3.63) is 95.3 Å². The molecule has 1 aliphatic rings. The Kier molecular flexibility index (Phi) is 5.55. The molecular weight excluding hydrogens is 413 g/mol. The van der Waals surface area contributed by atoms with Gasteiger partial charge in [-0.15, -0.1) is 0 Å². The van der Waals surface area contributed by atoms with Gasteiger partial charge in [0.1, 0.15) is 5.82 Å². The van der Waals surface area contributed by atoms with Gasteiger partial charge in [0.05, 0.1) is 22.5 Å². The van der Waals surface area contributed by atoms with Gasteiger partial charge >= 0.3 is 0 Å². The van der Waals surface area contributed by atoms with E-state index in [1.807, 2.05) is 46.2 Å². The van der Waals surface area contributed by atoms with E-state index < -0.39 is 0 Å². The number of hydrogen-bond donors (Lipinski definition) is 0. The molecule has 0 spiro atoms. The number of carbonyl (C=O) groups is 1. The second-order valence-electron chi connectivity index (χ2n) is 8.62. The molecule has 0 saturated carbocycles. The fraction of sp³-hybridized carbons (Fsp3) is 0.214. The van der Waals surface area contributed by atoms with Gasteiger partial charge in [0.25, 0.3) is 5.91 Å². The molecule has 1 aliphatic heterocycles. The third-order valence-electron chi connectivity index (χ3n) is 6.36. The molecule has 166 valence electrons. The van der Waals surface area contributed by atoms with Crippen LogP contribution in [0.3, 0.4) is 0 Å². The molecule has 1 amide bonds. The maximum absolute atomic E-state index is 14.2. The molecule has 5 rings (SSSR count). The summed E-state index contributed by atoms with van der Waals surface area (Å²) in [6.45, 7) is 6.42. The lowest BCUT2D eigenvalue weighted by atomic mass is 9.99. The highest BCUT2D eigenvalue weighted by atomic mass is 19.1. The molecule has 2 heterocycles. The van der Waals surface area contributed by atoms with Gasteiger partial charge in [-0.2, -0.15) is 0 Å². The molecule has 1 fully saturated rings. The fourth-order valence-electron chi connectivity index (χ4n) is 4.62. The topological polar surface area (TPSA) is 36.4 Å². The van der Waals surface area contributed by atoms with Gasteiger partial charge in [-0.25, -0.2) is 9.37 Å². The average molecular weight is 440 g/mol. The van der Waals surface area contributed by atoms with Gasteiger partial charge in [-0.3, -0.25) is 4.79 Å². The van der Waals surface area contributed by atoms with Crippen LogP contribution < -0.4 is 4.90 Å². The van der Waals surface area contributed by atoms with Crippen LogP contribution in [0.15, 0.2) is 72.8 Å². The normalized spacial score (nSPS) is 14.0.